The van der Waals surface area contributed by atoms with E-state index in [1.165, 1.54) is 0 Å². The van der Waals surface area contributed by atoms with Gasteiger partial charge in [0.05, 0.1) is 10.0 Å². The van der Waals surface area contributed by atoms with Gasteiger partial charge in [-0.3, -0.25) is 4.79 Å². The Hall–Kier alpha value is 0.150. The number of carbonyl (C=O) groups excluding carboxylic acids is 1. The zero-order valence-corrected chi connectivity index (χ0v) is 17.2. The van der Waals surface area contributed by atoms with Crippen LogP contribution in [-0.4, -0.2) is 5.91 Å². The molecule has 98 valence electrons. The number of anilines is 1. The molecule has 0 spiro atoms. The number of amides is 1. The summed E-state index contributed by atoms with van der Waals surface area (Å²) in [7, 11) is 0. The van der Waals surface area contributed by atoms with Gasteiger partial charge in [-0.2, -0.15) is 0 Å². The molecule has 0 aromatic heterocycles. The fourth-order valence-corrected chi connectivity index (χ4v) is 2.80. The van der Waals surface area contributed by atoms with Gasteiger partial charge in [0.2, 0.25) is 0 Å². The van der Waals surface area contributed by atoms with E-state index >= 15 is 0 Å². The van der Waals surface area contributed by atoms with Crippen LogP contribution in [-0.2, 0) is 0 Å². The minimum Gasteiger partial charge on any atom is -0.416 e. The van der Waals surface area contributed by atoms with E-state index in [9.17, 15) is 4.79 Å². The summed E-state index contributed by atoms with van der Waals surface area (Å²) in [5.74, 6) is 0.177. The van der Waals surface area contributed by atoms with Crippen molar-refractivity contribution in [3.8, 4) is 5.75 Å². The minimum atomic E-state index is -0.242. The van der Waals surface area contributed by atoms with Crippen LogP contribution in [0, 0.1) is 0 Å². The monoisotopic (exact) mass is 470 g/mol. The van der Waals surface area contributed by atoms with Crippen LogP contribution in [0.15, 0.2) is 51.4 Å². The van der Waals surface area contributed by atoms with Crippen LogP contribution in [0.2, 0.25) is 0 Å². The molecule has 0 aliphatic heterocycles. The van der Waals surface area contributed by atoms with E-state index < -0.39 is 0 Å². The van der Waals surface area contributed by atoms with Gasteiger partial charge in [-0.15, -0.1) is 0 Å². The summed E-state index contributed by atoms with van der Waals surface area (Å²) >= 11 is 9.64. The number of hydrogen-bond acceptors (Lipinski definition) is 2. The van der Waals surface area contributed by atoms with Gasteiger partial charge < -0.3 is 9.15 Å². The maximum Gasteiger partial charge on any atom is 1.00 e. The van der Waals surface area contributed by atoms with E-state index in [1.807, 2.05) is 30.3 Å². The van der Waals surface area contributed by atoms with Crippen LogP contribution in [0.4, 0.5) is 5.69 Å². The molecule has 0 fully saturated rings. The van der Waals surface area contributed by atoms with Gasteiger partial charge in [0.15, 0.2) is 22.0 Å². The molecular formula is C13H8Br3NNaO2+. The molecule has 0 radical (unpaired) electrons. The molecule has 7 heteroatoms. The molecule has 20 heavy (non-hydrogen) atoms. The Morgan fingerprint density at radius 3 is 2.30 bits per heavy atom. The number of para-hydroxylation sites is 1. The molecule has 1 N–H and O–H groups in total. The Bertz CT molecular complexity index is 608. The molecule has 0 aliphatic rings. The summed E-state index contributed by atoms with van der Waals surface area (Å²) in [5, 5.41) is 2.80. The molecule has 2 aromatic rings. The van der Waals surface area contributed by atoms with Crippen molar-refractivity contribution in [1.82, 2.24) is 0 Å². The van der Waals surface area contributed by atoms with Gasteiger partial charge in [0.25, 0.3) is 5.91 Å². The SMILES string of the molecule is O=C(Nc1ccccc1)c1ccc(Br)c(Br)c1OBr.[Na+]. The van der Waals surface area contributed by atoms with Gasteiger partial charge in [0, 0.05) is 10.2 Å². The van der Waals surface area contributed by atoms with E-state index in [0.717, 1.165) is 10.2 Å². The van der Waals surface area contributed by atoms with Crippen LogP contribution >= 0.6 is 48.1 Å². The topological polar surface area (TPSA) is 38.3 Å². The smallest absolute Gasteiger partial charge is 0.416 e. The fourth-order valence-electron chi connectivity index (χ4n) is 1.51. The predicted octanol–water partition coefficient (Wildman–Crippen LogP) is 2.16. The quantitative estimate of drug-likeness (QED) is 0.695. The van der Waals surface area contributed by atoms with E-state index in [4.69, 9.17) is 3.83 Å². The molecule has 3 nitrogen and oxygen atoms in total. The summed E-state index contributed by atoms with van der Waals surface area (Å²) in [6.07, 6.45) is 0. The summed E-state index contributed by atoms with van der Waals surface area (Å²) in [4.78, 5) is 12.2. The van der Waals surface area contributed by atoms with Crippen molar-refractivity contribution in [2.45, 2.75) is 0 Å². The summed E-state index contributed by atoms with van der Waals surface area (Å²) in [5.41, 5.74) is 1.16. The second-order valence-corrected chi connectivity index (χ2v) is 5.61. The van der Waals surface area contributed by atoms with Crippen molar-refractivity contribution in [3.05, 3.63) is 57.0 Å². The summed E-state index contributed by atoms with van der Waals surface area (Å²) in [6, 6.07) is 12.7. The number of nitrogens with one attached hydrogen (secondary N) is 1. The van der Waals surface area contributed by atoms with Crippen LogP contribution in [0.1, 0.15) is 10.4 Å². The Morgan fingerprint density at radius 2 is 1.70 bits per heavy atom. The van der Waals surface area contributed by atoms with Crippen LogP contribution in [0.3, 0.4) is 0 Å². The first kappa shape index (κ1) is 18.2. The third kappa shape index (κ3) is 4.32. The molecule has 2 rings (SSSR count). The molecule has 0 heterocycles. The largest absolute Gasteiger partial charge is 1.00 e. The van der Waals surface area contributed by atoms with Crippen molar-refractivity contribution in [3.63, 3.8) is 0 Å². The molecule has 0 atom stereocenters. The number of rotatable bonds is 3. The number of benzene rings is 2. The second-order valence-electron chi connectivity index (χ2n) is 3.64. The zero-order valence-electron chi connectivity index (χ0n) is 10.5. The molecule has 0 unspecified atom stereocenters. The fraction of sp³-hybridized carbons (Fsp3) is 0. The predicted molar refractivity (Wildman–Crippen MR) is 85.8 cm³/mol. The first-order valence-electron chi connectivity index (χ1n) is 5.26. The van der Waals surface area contributed by atoms with Crippen LogP contribution in [0.5, 0.6) is 5.75 Å². The molecule has 0 bridgehead atoms. The summed E-state index contributed by atoms with van der Waals surface area (Å²) < 4.78 is 6.57. The maximum absolute atomic E-state index is 12.2. The number of halogens is 3. The van der Waals surface area contributed by atoms with Crippen LogP contribution in [0.25, 0.3) is 0 Å². The third-order valence-electron chi connectivity index (χ3n) is 2.40. The summed E-state index contributed by atoms with van der Waals surface area (Å²) in [6.45, 7) is 0. The van der Waals surface area contributed by atoms with Gasteiger partial charge in [0.1, 0.15) is 0 Å². The van der Waals surface area contributed by atoms with Crippen molar-refractivity contribution in [2.75, 3.05) is 5.32 Å². The number of carbonyl (C=O) groups is 1. The van der Waals surface area contributed by atoms with E-state index in [-0.39, 0.29) is 35.5 Å². The standard InChI is InChI=1S/C13H8Br3NO2.Na/c14-10-7-6-9(12(19-16)11(10)15)13(18)17-8-4-2-1-3-5-8;/h1-7H,(H,17,18);/q;+1. The average Bonchev–Trinajstić information content (AvgIpc) is 2.42. The van der Waals surface area contributed by atoms with E-state index in [1.54, 1.807) is 12.1 Å². The van der Waals surface area contributed by atoms with Gasteiger partial charge in [-0.05, 0) is 56.1 Å². The molecule has 0 saturated carbocycles. The average molecular weight is 473 g/mol. The first-order valence-corrected chi connectivity index (χ1v) is 7.50. The molecule has 2 aromatic carbocycles. The Balaban J connectivity index is 0.00000200. The first-order chi connectivity index (χ1) is 9.13. The maximum atomic E-state index is 12.2. The normalized spacial score (nSPS) is 9.55. The minimum absolute atomic E-state index is 0. The van der Waals surface area contributed by atoms with E-state index in [0.29, 0.717) is 15.8 Å². The molecule has 1 amide bonds. The zero-order chi connectivity index (χ0) is 13.8. The Kier molecular flexibility index (Phi) is 7.79. The van der Waals surface area contributed by atoms with Crippen LogP contribution < -0.4 is 38.7 Å². The van der Waals surface area contributed by atoms with Gasteiger partial charge in [-0.25, -0.2) is 0 Å². The molecular weight excluding hydrogens is 465 g/mol. The molecule has 0 saturated heterocycles. The van der Waals surface area contributed by atoms with Gasteiger partial charge >= 0.3 is 29.6 Å². The third-order valence-corrected chi connectivity index (χ3v) is 4.71. The Morgan fingerprint density at radius 1 is 1.05 bits per heavy atom. The van der Waals surface area contributed by atoms with Crippen molar-refractivity contribution < 1.29 is 38.2 Å². The van der Waals surface area contributed by atoms with Crippen molar-refractivity contribution in [1.29, 1.82) is 0 Å². The second kappa shape index (κ2) is 8.56. The van der Waals surface area contributed by atoms with Gasteiger partial charge in [-0.1, -0.05) is 18.2 Å². The molecule has 0 aliphatic carbocycles. The van der Waals surface area contributed by atoms with Crippen molar-refractivity contribution in [2.24, 2.45) is 0 Å². The Labute approximate surface area is 164 Å². The van der Waals surface area contributed by atoms with E-state index in [2.05, 4.69) is 53.4 Å². The number of hydrogen-bond donors (Lipinski definition) is 1. The van der Waals surface area contributed by atoms with Crippen molar-refractivity contribution >= 4 is 59.7 Å².